The van der Waals surface area contributed by atoms with Crippen LogP contribution in [0.4, 0.5) is 0 Å². The summed E-state index contributed by atoms with van der Waals surface area (Å²) in [5, 5.41) is 0. The van der Waals surface area contributed by atoms with E-state index in [-0.39, 0.29) is 0 Å². The van der Waals surface area contributed by atoms with Crippen LogP contribution in [0.5, 0.6) is 0 Å². The summed E-state index contributed by atoms with van der Waals surface area (Å²) in [6.45, 7) is 5.42. The Bertz CT molecular complexity index is 323. The molecule has 1 nitrogen and oxygen atoms in total. The van der Waals surface area contributed by atoms with Crippen LogP contribution in [0.25, 0.3) is 0 Å². The molecule has 0 aromatic heterocycles. The molecule has 1 aliphatic rings. The van der Waals surface area contributed by atoms with Crippen molar-refractivity contribution in [2.45, 2.75) is 38.5 Å². The first-order chi connectivity index (χ1) is 7.66. The second kappa shape index (κ2) is 4.58. The zero-order valence-electron chi connectivity index (χ0n) is 10.4. The molecule has 0 bridgehead atoms. The second-order valence-electron chi connectivity index (χ2n) is 5.75. The Hall–Kier alpha value is -0.820. The minimum absolute atomic E-state index is 0.292. The molecule has 2 N–H and O–H groups in total. The highest BCUT2D eigenvalue weighted by atomic mass is 14.6. The van der Waals surface area contributed by atoms with Crippen LogP contribution >= 0.6 is 0 Å². The Labute approximate surface area is 99.0 Å². The fourth-order valence-electron chi connectivity index (χ4n) is 3.19. The van der Waals surface area contributed by atoms with Crippen LogP contribution in [0, 0.1) is 11.8 Å². The van der Waals surface area contributed by atoms with Gasteiger partial charge in [-0.1, -0.05) is 44.2 Å². The van der Waals surface area contributed by atoms with Crippen LogP contribution in [-0.2, 0) is 5.41 Å². The van der Waals surface area contributed by atoms with Gasteiger partial charge >= 0.3 is 0 Å². The predicted molar refractivity (Wildman–Crippen MR) is 69.4 cm³/mol. The third-order valence-electron chi connectivity index (χ3n) is 3.94. The molecule has 1 aromatic rings. The summed E-state index contributed by atoms with van der Waals surface area (Å²) in [6.07, 6.45) is 3.92. The minimum Gasteiger partial charge on any atom is -0.330 e. The molecule has 0 radical (unpaired) electrons. The molecule has 1 aliphatic carbocycles. The third-order valence-corrected chi connectivity index (χ3v) is 3.94. The number of hydrogen-bond donors (Lipinski definition) is 1. The van der Waals surface area contributed by atoms with Gasteiger partial charge in [-0.05, 0) is 36.7 Å². The van der Waals surface area contributed by atoms with Crippen LogP contribution in [0.3, 0.4) is 0 Å². The van der Waals surface area contributed by atoms with Gasteiger partial charge in [-0.25, -0.2) is 0 Å². The average molecular weight is 217 g/mol. The fourth-order valence-corrected chi connectivity index (χ4v) is 3.19. The molecule has 0 unspecified atom stereocenters. The standard InChI is InChI=1S/C15H23N/c1-12(2)8-13-9-15(10-13,11-16)14-6-4-3-5-7-14/h3-7,12-13H,8-11,16H2,1-2H3. The lowest BCUT2D eigenvalue weighted by Gasteiger charge is -2.48. The first-order valence-corrected chi connectivity index (χ1v) is 6.42. The predicted octanol–water partition coefficient (Wildman–Crippen LogP) is 3.34. The molecule has 0 amide bonds. The molecule has 1 fully saturated rings. The monoisotopic (exact) mass is 217 g/mol. The molecule has 0 atom stereocenters. The third kappa shape index (κ3) is 2.15. The normalized spacial score (nSPS) is 29.1. The fraction of sp³-hybridized carbons (Fsp3) is 0.600. The summed E-state index contributed by atoms with van der Waals surface area (Å²) in [6, 6.07) is 10.8. The zero-order valence-corrected chi connectivity index (χ0v) is 10.4. The van der Waals surface area contributed by atoms with Gasteiger partial charge in [0.05, 0.1) is 0 Å². The van der Waals surface area contributed by atoms with Crippen molar-refractivity contribution in [3.8, 4) is 0 Å². The van der Waals surface area contributed by atoms with E-state index in [2.05, 4.69) is 44.2 Å². The first-order valence-electron chi connectivity index (χ1n) is 6.42. The molecule has 16 heavy (non-hydrogen) atoms. The highest BCUT2D eigenvalue weighted by Crippen LogP contribution is 2.49. The van der Waals surface area contributed by atoms with Crippen LogP contribution in [0.15, 0.2) is 30.3 Å². The SMILES string of the molecule is CC(C)CC1CC(CN)(c2ccccc2)C1. The lowest BCUT2D eigenvalue weighted by molar-refractivity contribution is 0.127. The van der Waals surface area contributed by atoms with Crippen molar-refractivity contribution in [3.63, 3.8) is 0 Å². The van der Waals surface area contributed by atoms with E-state index in [0.717, 1.165) is 18.4 Å². The van der Waals surface area contributed by atoms with Crippen LogP contribution in [0.2, 0.25) is 0 Å². The van der Waals surface area contributed by atoms with E-state index in [0.29, 0.717) is 5.41 Å². The maximum atomic E-state index is 5.99. The summed E-state index contributed by atoms with van der Waals surface area (Å²) in [4.78, 5) is 0. The lowest BCUT2D eigenvalue weighted by atomic mass is 9.57. The summed E-state index contributed by atoms with van der Waals surface area (Å²) in [7, 11) is 0. The molecule has 88 valence electrons. The molecular formula is C15H23N. The number of hydrogen-bond acceptors (Lipinski definition) is 1. The Morgan fingerprint density at radius 3 is 2.38 bits per heavy atom. The largest absolute Gasteiger partial charge is 0.330 e. The maximum absolute atomic E-state index is 5.99. The lowest BCUT2D eigenvalue weighted by Crippen LogP contribution is -2.47. The summed E-state index contributed by atoms with van der Waals surface area (Å²) < 4.78 is 0. The van der Waals surface area contributed by atoms with Crippen molar-refractivity contribution in [2.75, 3.05) is 6.54 Å². The Balaban J connectivity index is 2.03. The van der Waals surface area contributed by atoms with Gasteiger partial charge < -0.3 is 5.73 Å². The van der Waals surface area contributed by atoms with Crippen LogP contribution in [0.1, 0.15) is 38.7 Å². The molecule has 1 aromatic carbocycles. The zero-order chi connectivity index (χ0) is 11.6. The Morgan fingerprint density at radius 2 is 1.88 bits per heavy atom. The highest BCUT2D eigenvalue weighted by Gasteiger charge is 2.43. The van der Waals surface area contributed by atoms with Gasteiger partial charge in [-0.3, -0.25) is 0 Å². The van der Waals surface area contributed by atoms with E-state index in [1.54, 1.807) is 0 Å². The van der Waals surface area contributed by atoms with Crippen molar-refractivity contribution in [2.24, 2.45) is 17.6 Å². The second-order valence-corrected chi connectivity index (χ2v) is 5.75. The van der Waals surface area contributed by atoms with Crippen molar-refractivity contribution in [1.82, 2.24) is 0 Å². The Kier molecular flexibility index (Phi) is 3.34. The van der Waals surface area contributed by atoms with E-state index in [4.69, 9.17) is 5.73 Å². The number of nitrogens with two attached hydrogens (primary N) is 1. The van der Waals surface area contributed by atoms with Gasteiger partial charge in [0, 0.05) is 12.0 Å². The summed E-state index contributed by atoms with van der Waals surface area (Å²) in [5.74, 6) is 1.71. The van der Waals surface area contributed by atoms with E-state index in [9.17, 15) is 0 Å². The van der Waals surface area contributed by atoms with E-state index < -0.39 is 0 Å². The maximum Gasteiger partial charge on any atom is 0.00808 e. The van der Waals surface area contributed by atoms with Crippen LogP contribution < -0.4 is 5.73 Å². The van der Waals surface area contributed by atoms with Gasteiger partial charge in [0.1, 0.15) is 0 Å². The molecule has 1 heteroatoms. The quantitative estimate of drug-likeness (QED) is 0.822. The molecule has 0 aliphatic heterocycles. The number of benzene rings is 1. The molecule has 0 spiro atoms. The average Bonchev–Trinajstić information content (AvgIpc) is 2.24. The molecule has 0 heterocycles. The number of rotatable bonds is 4. The summed E-state index contributed by atoms with van der Waals surface area (Å²) in [5.41, 5.74) is 7.73. The van der Waals surface area contributed by atoms with E-state index in [1.165, 1.54) is 24.8 Å². The highest BCUT2D eigenvalue weighted by molar-refractivity contribution is 5.29. The van der Waals surface area contributed by atoms with E-state index in [1.807, 2.05) is 0 Å². The van der Waals surface area contributed by atoms with Gasteiger partial charge in [0.15, 0.2) is 0 Å². The van der Waals surface area contributed by atoms with Gasteiger partial charge in [-0.2, -0.15) is 0 Å². The van der Waals surface area contributed by atoms with Crippen LogP contribution in [-0.4, -0.2) is 6.54 Å². The molecule has 0 saturated heterocycles. The van der Waals surface area contributed by atoms with Gasteiger partial charge in [0.25, 0.3) is 0 Å². The van der Waals surface area contributed by atoms with Crippen molar-refractivity contribution < 1.29 is 0 Å². The molecular weight excluding hydrogens is 194 g/mol. The van der Waals surface area contributed by atoms with E-state index >= 15 is 0 Å². The smallest absolute Gasteiger partial charge is 0.00808 e. The molecule has 1 saturated carbocycles. The Morgan fingerprint density at radius 1 is 1.25 bits per heavy atom. The van der Waals surface area contributed by atoms with Crippen molar-refractivity contribution in [1.29, 1.82) is 0 Å². The van der Waals surface area contributed by atoms with Gasteiger partial charge in [-0.15, -0.1) is 0 Å². The van der Waals surface area contributed by atoms with Gasteiger partial charge in [0.2, 0.25) is 0 Å². The van der Waals surface area contributed by atoms with Crippen molar-refractivity contribution >= 4 is 0 Å². The molecule has 2 rings (SSSR count). The summed E-state index contributed by atoms with van der Waals surface area (Å²) >= 11 is 0. The minimum atomic E-state index is 0.292. The topological polar surface area (TPSA) is 26.0 Å². The first kappa shape index (κ1) is 11.7. The van der Waals surface area contributed by atoms with Crippen molar-refractivity contribution in [3.05, 3.63) is 35.9 Å².